The number of thiophene rings is 1. The van der Waals surface area contributed by atoms with Crippen LogP contribution in [-0.4, -0.2) is 27.7 Å². The highest BCUT2D eigenvalue weighted by atomic mass is 35.5. The molecule has 0 bridgehead atoms. The smallest absolute Gasteiger partial charge is 0.251 e. The van der Waals surface area contributed by atoms with E-state index < -0.39 is 10.0 Å². The Morgan fingerprint density at radius 3 is 2.65 bits per heavy atom. The van der Waals surface area contributed by atoms with Crippen LogP contribution < -0.4 is 4.72 Å². The molecule has 1 saturated carbocycles. The number of fused-ring (bicyclic) bond motifs is 2. The van der Waals surface area contributed by atoms with Crippen molar-refractivity contribution in [2.24, 2.45) is 11.8 Å². The molecular formula is C13H12ClNO3S2. The number of hydrogen-bond donors (Lipinski definition) is 1. The topological polar surface area (TPSA) is 55.4 Å². The molecule has 2 aromatic rings. The SMILES string of the molecule is O=S(=O)(NC1[C@H]2COC[C@@H]12)c1sc2ccccc2c1Cl. The van der Waals surface area contributed by atoms with Crippen LogP contribution in [0.4, 0.5) is 0 Å². The summed E-state index contributed by atoms with van der Waals surface area (Å²) in [6.07, 6.45) is 0. The van der Waals surface area contributed by atoms with Crippen molar-refractivity contribution in [3.8, 4) is 0 Å². The highest BCUT2D eigenvalue weighted by molar-refractivity contribution is 7.92. The Bertz CT molecular complexity index is 776. The summed E-state index contributed by atoms with van der Waals surface area (Å²) >= 11 is 7.45. The third kappa shape index (κ3) is 1.90. The van der Waals surface area contributed by atoms with Crippen molar-refractivity contribution in [3.63, 3.8) is 0 Å². The molecule has 106 valence electrons. The van der Waals surface area contributed by atoms with Gasteiger partial charge in [0.2, 0.25) is 0 Å². The van der Waals surface area contributed by atoms with Crippen molar-refractivity contribution in [1.29, 1.82) is 0 Å². The van der Waals surface area contributed by atoms with Crippen molar-refractivity contribution in [1.82, 2.24) is 4.72 Å². The standard InChI is InChI=1S/C13H12ClNO3S2/c14-11-7-3-1-2-4-10(7)19-13(11)20(16,17)15-12-8-5-18-6-9(8)12/h1-4,8-9,12,15H,5-6H2/t8-,9+,12?. The van der Waals surface area contributed by atoms with Crippen LogP contribution in [0, 0.1) is 11.8 Å². The summed E-state index contributed by atoms with van der Waals surface area (Å²) in [5, 5.41) is 1.11. The summed E-state index contributed by atoms with van der Waals surface area (Å²) in [6.45, 7) is 1.30. The molecule has 20 heavy (non-hydrogen) atoms. The predicted octanol–water partition coefficient (Wildman–Crippen LogP) is 2.48. The van der Waals surface area contributed by atoms with Crippen molar-refractivity contribution in [2.45, 2.75) is 10.3 Å². The number of halogens is 1. The molecule has 1 saturated heterocycles. The third-order valence-electron chi connectivity index (χ3n) is 3.99. The summed E-state index contributed by atoms with van der Waals surface area (Å²) in [4.78, 5) is 0. The average molecular weight is 330 g/mol. The van der Waals surface area contributed by atoms with Crippen molar-refractivity contribution in [2.75, 3.05) is 13.2 Å². The molecule has 2 aliphatic rings. The minimum absolute atomic E-state index is 0.00929. The quantitative estimate of drug-likeness (QED) is 0.941. The molecule has 1 aliphatic carbocycles. The molecule has 1 aromatic heterocycles. The number of hydrogen-bond acceptors (Lipinski definition) is 4. The Morgan fingerprint density at radius 1 is 1.25 bits per heavy atom. The van der Waals surface area contributed by atoms with Gasteiger partial charge in [-0.25, -0.2) is 13.1 Å². The van der Waals surface area contributed by atoms with Crippen LogP contribution in [-0.2, 0) is 14.8 Å². The van der Waals surface area contributed by atoms with Gasteiger partial charge in [0.15, 0.2) is 4.21 Å². The van der Waals surface area contributed by atoms with Crippen LogP contribution >= 0.6 is 22.9 Å². The Morgan fingerprint density at radius 2 is 1.95 bits per heavy atom. The Balaban J connectivity index is 1.69. The van der Waals surface area contributed by atoms with Gasteiger partial charge < -0.3 is 4.74 Å². The lowest BCUT2D eigenvalue weighted by Crippen LogP contribution is -2.29. The number of sulfonamides is 1. The second-order valence-electron chi connectivity index (χ2n) is 5.21. The summed E-state index contributed by atoms with van der Waals surface area (Å²) < 4.78 is 34.1. The van der Waals surface area contributed by atoms with E-state index >= 15 is 0 Å². The van der Waals surface area contributed by atoms with Gasteiger partial charge in [0.1, 0.15) is 0 Å². The second-order valence-corrected chi connectivity index (χ2v) is 8.55. The first-order chi connectivity index (χ1) is 9.58. The van der Waals surface area contributed by atoms with Crippen LogP contribution in [0.15, 0.2) is 28.5 Å². The van der Waals surface area contributed by atoms with Gasteiger partial charge >= 0.3 is 0 Å². The van der Waals surface area contributed by atoms with Crippen molar-refractivity contribution in [3.05, 3.63) is 29.3 Å². The summed E-state index contributed by atoms with van der Waals surface area (Å²) in [5.74, 6) is 0.663. The molecule has 0 radical (unpaired) electrons. The lowest BCUT2D eigenvalue weighted by atomic mass is 10.3. The third-order valence-corrected chi connectivity index (χ3v) is 7.76. The van der Waals surface area contributed by atoms with E-state index in [1.165, 1.54) is 11.3 Å². The van der Waals surface area contributed by atoms with Crippen LogP contribution in [0.2, 0.25) is 5.02 Å². The maximum absolute atomic E-state index is 12.5. The largest absolute Gasteiger partial charge is 0.381 e. The molecule has 0 spiro atoms. The molecule has 1 aromatic carbocycles. The number of ether oxygens (including phenoxy) is 1. The first kappa shape index (κ1) is 13.0. The molecule has 0 amide bonds. The zero-order valence-electron chi connectivity index (χ0n) is 10.4. The van der Waals surface area contributed by atoms with Crippen molar-refractivity contribution < 1.29 is 13.2 Å². The van der Waals surface area contributed by atoms with E-state index in [-0.39, 0.29) is 10.3 Å². The second kappa shape index (κ2) is 4.42. The van der Waals surface area contributed by atoms with E-state index in [0.29, 0.717) is 30.1 Å². The zero-order valence-corrected chi connectivity index (χ0v) is 12.8. The normalized spacial score (nSPS) is 28.8. The van der Waals surface area contributed by atoms with Gasteiger partial charge in [-0.15, -0.1) is 11.3 Å². The van der Waals surface area contributed by atoms with Crippen LogP contribution in [0.25, 0.3) is 10.1 Å². The molecule has 4 rings (SSSR count). The zero-order chi connectivity index (χ0) is 13.9. The fraction of sp³-hybridized carbons (Fsp3) is 0.385. The van der Waals surface area contributed by atoms with E-state index in [1.54, 1.807) is 0 Å². The monoisotopic (exact) mass is 329 g/mol. The van der Waals surface area contributed by atoms with Crippen LogP contribution in [0.5, 0.6) is 0 Å². The molecule has 1 N–H and O–H groups in total. The van der Waals surface area contributed by atoms with Gasteiger partial charge in [-0.3, -0.25) is 0 Å². The Hall–Kier alpha value is -0.660. The number of benzene rings is 1. The van der Waals surface area contributed by atoms with E-state index in [2.05, 4.69) is 4.72 Å². The van der Waals surface area contributed by atoms with Gasteiger partial charge in [0, 0.05) is 28.0 Å². The van der Waals surface area contributed by atoms with Crippen LogP contribution in [0.3, 0.4) is 0 Å². The molecule has 2 fully saturated rings. The molecule has 7 heteroatoms. The van der Waals surface area contributed by atoms with Gasteiger partial charge in [-0.05, 0) is 6.07 Å². The predicted molar refractivity (Wildman–Crippen MR) is 78.7 cm³/mol. The first-order valence-electron chi connectivity index (χ1n) is 6.35. The van der Waals surface area contributed by atoms with E-state index in [4.69, 9.17) is 16.3 Å². The fourth-order valence-electron chi connectivity index (χ4n) is 2.81. The van der Waals surface area contributed by atoms with E-state index in [0.717, 1.165) is 10.1 Å². The summed E-state index contributed by atoms with van der Waals surface area (Å²) in [7, 11) is -3.55. The Labute approximate surface area is 125 Å². The summed E-state index contributed by atoms with van der Waals surface area (Å²) in [6, 6.07) is 7.46. The lowest BCUT2D eigenvalue weighted by molar-refractivity contribution is 0.159. The molecule has 2 heterocycles. The lowest BCUT2D eigenvalue weighted by Gasteiger charge is -2.07. The maximum Gasteiger partial charge on any atom is 0.251 e. The highest BCUT2D eigenvalue weighted by Gasteiger charge is 2.55. The fourth-order valence-corrected chi connectivity index (χ4v) is 6.29. The number of nitrogens with one attached hydrogen (secondary N) is 1. The minimum atomic E-state index is -3.55. The summed E-state index contributed by atoms with van der Waals surface area (Å²) in [5.41, 5.74) is 0. The highest BCUT2D eigenvalue weighted by Crippen LogP contribution is 2.46. The molecular weight excluding hydrogens is 318 g/mol. The average Bonchev–Trinajstić information content (AvgIpc) is 2.83. The van der Waals surface area contributed by atoms with Gasteiger partial charge in [0.05, 0.1) is 18.2 Å². The molecule has 1 unspecified atom stereocenters. The maximum atomic E-state index is 12.5. The van der Waals surface area contributed by atoms with Gasteiger partial charge in [0.25, 0.3) is 10.0 Å². The van der Waals surface area contributed by atoms with Gasteiger partial charge in [-0.2, -0.15) is 0 Å². The molecule has 1 aliphatic heterocycles. The molecule has 3 atom stereocenters. The number of rotatable bonds is 3. The van der Waals surface area contributed by atoms with Crippen LogP contribution in [0.1, 0.15) is 0 Å². The minimum Gasteiger partial charge on any atom is -0.381 e. The van der Waals surface area contributed by atoms with E-state index in [1.807, 2.05) is 24.3 Å². The first-order valence-corrected chi connectivity index (χ1v) is 9.03. The van der Waals surface area contributed by atoms with Gasteiger partial charge in [-0.1, -0.05) is 29.8 Å². The van der Waals surface area contributed by atoms with Crippen molar-refractivity contribution >= 4 is 43.0 Å². The molecule has 4 nitrogen and oxygen atoms in total. The van der Waals surface area contributed by atoms with E-state index in [9.17, 15) is 8.42 Å². The Kier molecular flexibility index (Phi) is 2.88.